The van der Waals surface area contributed by atoms with Crippen LogP contribution in [0.3, 0.4) is 0 Å². The van der Waals surface area contributed by atoms with Gasteiger partial charge in [-0.1, -0.05) is 23.7 Å². The zero-order valence-electron chi connectivity index (χ0n) is 7.26. The van der Waals surface area contributed by atoms with Gasteiger partial charge in [-0.25, -0.2) is 0 Å². The third kappa shape index (κ3) is 3.02. The number of aldehydes is 1. The highest BCUT2D eigenvalue weighted by Gasteiger charge is 2.04. The fraction of sp³-hybridized carbons (Fsp3) is 0.300. The molecular weight excluding hydrogens is 207 g/mol. The molecule has 1 aromatic carbocycles. The second kappa shape index (κ2) is 4.64. The molecule has 0 amide bonds. The van der Waals surface area contributed by atoms with E-state index in [1.54, 1.807) is 0 Å². The monoisotopic (exact) mass is 216 g/mol. The summed E-state index contributed by atoms with van der Waals surface area (Å²) >= 11 is 11.5. The molecule has 0 saturated carbocycles. The first kappa shape index (κ1) is 10.6. The lowest BCUT2D eigenvalue weighted by atomic mass is 10.1. The first-order valence-corrected chi connectivity index (χ1v) is 4.79. The van der Waals surface area contributed by atoms with Crippen molar-refractivity contribution in [2.45, 2.75) is 18.7 Å². The van der Waals surface area contributed by atoms with E-state index in [1.165, 1.54) is 0 Å². The maximum atomic E-state index is 10.3. The lowest BCUT2D eigenvalue weighted by Crippen LogP contribution is -2.04. The first-order chi connectivity index (χ1) is 6.13. The molecule has 1 aromatic rings. The number of halogens is 2. The van der Waals surface area contributed by atoms with E-state index in [1.807, 2.05) is 25.1 Å². The number of carbonyl (C=O) groups is 1. The van der Waals surface area contributed by atoms with Gasteiger partial charge in [0.2, 0.25) is 0 Å². The fourth-order valence-corrected chi connectivity index (χ4v) is 1.40. The van der Waals surface area contributed by atoms with E-state index in [0.717, 1.165) is 22.4 Å². The highest BCUT2D eigenvalue weighted by molar-refractivity contribution is 6.31. The van der Waals surface area contributed by atoms with E-state index in [4.69, 9.17) is 23.2 Å². The molecular formula is C10H10Cl2O. The largest absolute Gasteiger partial charge is 0.302 e. The molecule has 1 unspecified atom stereocenters. The third-order valence-corrected chi connectivity index (χ3v) is 2.48. The summed E-state index contributed by atoms with van der Waals surface area (Å²) in [6.07, 6.45) is 1.30. The van der Waals surface area contributed by atoms with Crippen LogP contribution in [-0.4, -0.2) is 11.7 Å². The average Bonchev–Trinajstić information content (AvgIpc) is 2.11. The molecule has 1 nitrogen and oxygen atoms in total. The van der Waals surface area contributed by atoms with Crippen molar-refractivity contribution < 1.29 is 4.79 Å². The molecule has 0 heterocycles. The van der Waals surface area contributed by atoms with Crippen LogP contribution in [0.15, 0.2) is 18.2 Å². The van der Waals surface area contributed by atoms with Gasteiger partial charge in [-0.3, -0.25) is 0 Å². The van der Waals surface area contributed by atoms with Gasteiger partial charge in [0.1, 0.15) is 6.29 Å². The van der Waals surface area contributed by atoms with E-state index in [9.17, 15) is 4.79 Å². The summed E-state index contributed by atoms with van der Waals surface area (Å²) in [5, 5.41) is 0.293. The van der Waals surface area contributed by atoms with E-state index in [-0.39, 0.29) is 0 Å². The molecule has 0 aliphatic rings. The summed E-state index contributed by atoms with van der Waals surface area (Å²) in [6, 6.07) is 5.65. The Balaban J connectivity index is 2.79. The maximum absolute atomic E-state index is 10.3. The van der Waals surface area contributed by atoms with Crippen molar-refractivity contribution in [3.05, 3.63) is 34.3 Å². The molecule has 1 rings (SSSR count). The third-order valence-electron chi connectivity index (χ3n) is 1.80. The van der Waals surface area contributed by atoms with Crippen LogP contribution < -0.4 is 0 Å². The van der Waals surface area contributed by atoms with Gasteiger partial charge < -0.3 is 4.79 Å². The second-order valence-electron chi connectivity index (χ2n) is 2.94. The van der Waals surface area contributed by atoms with Crippen LogP contribution >= 0.6 is 23.2 Å². The fourth-order valence-electron chi connectivity index (χ4n) is 1.11. The Bertz CT molecular complexity index is 310. The van der Waals surface area contributed by atoms with Crippen molar-refractivity contribution in [1.29, 1.82) is 0 Å². The van der Waals surface area contributed by atoms with Gasteiger partial charge >= 0.3 is 0 Å². The molecule has 0 radical (unpaired) electrons. The second-order valence-corrected chi connectivity index (χ2v) is 3.91. The van der Waals surface area contributed by atoms with Crippen molar-refractivity contribution in [3.8, 4) is 0 Å². The van der Waals surface area contributed by atoms with Crippen molar-refractivity contribution in [2.24, 2.45) is 0 Å². The van der Waals surface area contributed by atoms with E-state index in [0.29, 0.717) is 6.42 Å². The quantitative estimate of drug-likeness (QED) is 0.561. The van der Waals surface area contributed by atoms with E-state index in [2.05, 4.69) is 0 Å². The number of hydrogen-bond acceptors (Lipinski definition) is 1. The Morgan fingerprint density at radius 1 is 1.54 bits per heavy atom. The Morgan fingerprint density at radius 3 is 2.77 bits per heavy atom. The predicted molar refractivity (Wildman–Crippen MR) is 55.6 cm³/mol. The molecule has 13 heavy (non-hydrogen) atoms. The summed E-state index contributed by atoms with van der Waals surface area (Å²) in [7, 11) is 0. The molecule has 0 fully saturated rings. The summed E-state index contributed by atoms with van der Waals surface area (Å²) in [6.45, 7) is 1.93. The zero-order valence-corrected chi connectivity index (χ0v) is 8.77. The van der Waals surface area contributed by atoms with Gasteiger partial charge in [0.25, 0.3) is 0 Å². The highest BCUT2D eigenvalue weighted by atomic mass is 35.5. The normalized spacial score (nSPS) is 12.5. The number of rotatable bonds is 3. The highest BCUT2D eigenvalue weighted by Crippen LogP contribution is 2.17. The van der Waals surface area contributed by atoms with Crippen LogP contribution in [0.25, 0.3) is 0 Å². The number of hydrogen-bond donors (Lipinski definition) is 0. The molecule has 1 atom stereocenters. The minimum absolute atomic E-state index is 0.444. The molecule has 0 aliphatic heterocycles. The van der Waals surface area contributed by atoms with Crippen LogP contribution in [0, 0.1) is 6.92 Å². The predicted octanol–water partition coefficient (Wildman–Crippen LogP) is 3.00. The molecule has 0 saturated heterocycles. The van der Waals surface area contributed by atoms with Crippen LogP contribution in [0.5, 0.6) is 0 Å². The van der Waals surface area contributed by atoms with E-state index < -0.39 is 5.38 Å². The lowest BCUT2D eigenvalue weighted by molar-refractivity contribution is -0.107. The van der Waals surface area contributed by atoms with Crippen LogP contribution in [0.4, 0.5) is 0 Å². The van der Waals surface area contributed by atoms with Gasteiger partial charge in [0.15, 0.2) is 0 Å². The molecule has 0 bridgehead atoms. The lowest BCUT2D eigenvalue weighted by Gasteiger charge is -2.04. The van der Waals surface area contributed by atoms with Gasteiger partial charge in [-0.2, -0.15) is 0 Å². The smallest absolute Gasteiger partial charge is 0.138 e. The molecule has 0 aliphatic carbocycles. The maximum Gasteiger partial charge on any atom is 0.138 e. The minimum Gasteiger partial charge on any atom is -0.302 e. The SMILES string of the molecule is Cc1cc(CC(Cl)C=O)ccc1Cl. The number of benzene rings is 1. The number of carbonyl (C=O) groups excluding carboxylic acids is 1. The topological polar surface area (TPSA) is 17.1 Å². The van der Waals surface area contributed by atoms with Gasteiger partial charge in [-0.05, 0) is 30.5 Å². The van der Waals surface area contributed by atoms with Crippen LogP contribution in [0.1, 0.15) is 11.1 Å². The van der Waals surface area contributed by atoms with Crippen molar-refractivity contribution in [1.82, 2.24) is 0 Å². The van der Waals surface area contributed by atoms with Crippen LogP contribution in [-0.2, 0) is 11.2 Å². The van der Waals surface area contributed by atoms with Crippen LogP contribution in [0.2, 0.25) is 5.02 Å². The summed E-state index contributed by atoms with van der Waals surface area (Å²) < 4.78 is 0. The van der Waals surface area contributed by atoms with Gasteiger partial charge in [0.05, 0.1) is 5.38 Å². The van der Waals surface area contributed by atoms with Crippen molar-refractivity contribution >= 4 is 29.5 Å². The number of aryl methyl sites for hydroxylation is 1. The zero-order chi connectivity index (χ0) is 9.84. The molecule has 0 aromatic heterocycles. The summed E-state index contributed by atoms with van der Waals surface area (Å²) in [5.74, 6) is 0. The average molecular weight is 217 g/mol. The van der Waals surface area contributed by atoms with Crippen molar-refractivity contribution in [2.75, 3.05) is 0 Å². The van der Waals surface area contributed by atoms with Gasteiger partial charge in [-0.15, -0.1) is 11.6 Å². The van der Waals surface area contributed by atoms with Gasteiger partial charge in [0, 0.05) is 5.02 Å². The Morgan fingerprint density at radius 2 is 2.23 bits per heavy atom. The first-order valence-electron chi connectivity index (χ1n) is 3.98. The molecule has 3 heteroatoms. The number of alkyl halides is 1. The van der Waals surface area contributed by atoms with Crippen molar-refractivity contribution in [3.63, 3.8) is 0 Å². The molecule has 0 spiro atoms. The van der Waals surface area contributed by atoms with E-state index >= 15 is 0 Å². The Kier molecular flexibility index (Phi) is 3.76. The molecule has 0 N–H and O–H groups in total. The minimum atomic E-state index is -0.444. The standard InChI is InChI=1S/C10H10Cl2O/c1-7-4-8(2-3-10(7)12)5-9(11)6-13/h2-4,6,9H,5H2,1H3. The summed E-state index contributed by atoms with van der Waals surface area (Å²) in [4.78, 5) is 10.3. The molecule has 70 valence electrons. The Labute approximate surface area is 87.7 Å². The summed E-state index contributed by atoms with van der Waals surface area (Å²) in [5.41, 5.74) is 2.04. The Hall–Kier alpha value is -0.530.